The SMILES string of the molecule is CN(C)c1ccc(-c2nc3c(Br)c4oc(-c5ccc(N(C)C)cc5)nc4c(Br)c3o2)cc1. The van der Waals surface area contributed by atoms with Crippen LogP contribution in [-0.4, -0.2) is 38.2 Å². The number of hydrogen-bond donors (Lipinski definition) is 0. The molecule has 0 saturated heterocycles. The van der Waals surface area contributed by atoms with Gasteiger partial charge in [0.05, 0.1) is 8.95 Å². The first-order valence-corrected chi connectivity index (χ1v) is 11.6. The van der Waals surface area contributed by atoms with Gasteiger partial charge >= 0.3 is 0 Å². The Labute approximate surface area is 202 Å². The number of nitrogens with zero attached hydrogens (tertiary/aromatic N) is 4. The Bertz CT molecular complexity index is 1270. The first-order valence-electron chi connectivity index (χ1n) is 9.97. The lowest BCUT2D eigenvalue weighted by molar-refractivity contribution is 0.616. The van der Waals surface area contributed by atoms with Crippen molar-refractivity contribution in [3.05, 3.63) is 57.5 Å². The van der Waals surface area contributed by atoms with Gasteiger partial charge in [-0.05, 0) is 80.4 Å². The highest BCUT2D eigenvalue weighted by Crippen LogP contribution is 2.42. The summed E-state index contributed by atoms with van der Waals surface area (Å²) in [4.78, 5) is 13.6. The van der Waals surface area contributed by atoms with E-state index in [0.29, 0.717) is 42.9 Å². The standard InChI is InChI=1S/C24H20Br2N4O2/c1-29(2)15-9-5-13(6-10-15)23-27-19-17(25)22-20(18(26)21(19)31-23)28-24(32-22)14-7-11-16(12-8-14)30(3)4/h5-12H,1-4H3. The summed E-state index contributed by atoms with van der Waals surface area (Å²) < 4.78 is 13.7. The lowest BCUT2D eigenvalue weighted by Crippen LogP contribution is -2.07. The van der Waals surface area contributed by atoms with E-state index in [4.69, 9.17) is 18.8 Å². The minimum atomic E-state index is 0.541. The topological polar surface area (TPSA) is 58.5 Å². The van der Waals surface area contributed by atoms with Gasteiger partial charge in [-0.1, -0.05) is 0 Å². The summed E-state index contributed by atoms with van der Waals surface area (Å²) in [6.07, 6.45) is 0. The summed E-state index contributed by atoms with van der Waals surface area (Å²) in [5.74, 6) is 1.08. The summed E-state index contributed by atoms with van der Waals surface area (Å²) in [5.41, 5.74) is 6.63. The van der Waals surface area contributed by atoms with Crippen molar-refractivity contribution in [2.24, 2.45) is 0 Å². The molecule has 2 heterocycles. The molecule has 0 aliphatic heterocycles. The van der Waals surface area contributed by atoms with Gasteiger partial charge in [-0.2, -0.15) is 0 Å². The Hall–Kier alpha value is -2.84. The monoisotopic (exact) mass is 554 g/mol. The molecule has 8 heteroatoms. The first kappa shape index (κ1) is 21.0. The molecule has 0 saturated carbocycles. The molecular weight excluding hydrogens is 536 g/mol. The average Bonchev–Trinajstić information content (AvgIpc) is 3.44. The summed E-state index contributed by atoms with van der Waals surface area (Å²) in [7, 11) is 8.04. The molecule has 0 fully saturated rings. The maximum absolute atomic E-state index is 6.14. The van der Waals surface area contributed by atoms with Gasteiger partial charge in [0.1, 0.15) is 11.0 Å². The van der Waals surface area contributed by atoms with Crippen molar-refractivity contribution in [2.75, 3.05) is 38.0 Å². The fourth-order valence-corrected chi connectivity index (χ4v) is 4.58. The highest BCUT2D eigenvalue weighted by Gasteiger charge is 2.23. The predicted octanol–water partition coefficient (Wildman–Crippen LogP) is 6.96. The molecule has 0 aliphatic carbocycles. The number of rotatable bonds is 4. The van der Waals surface area contributed by atoms with Crippen molar-refractivity contribution in [3.63, 3.8) is 0 Å². The second-order valence-corrected chi connectivity index (χ2v) is 9.49. The van der Waals surface area contributed by atoms with Crippen LogP contribution >= 0.6 is 31.9 Å². The Morgan fingerprint density at radius 2 is 0.938 bits per heavy atom. The second kappa shape index (κ2) is 7.94. The minimum absolute atomic E-state index is 0.541. The van der Waals surface area contributed by atoms with E-state index in [1.54, 1.807) is 0 Å². The molecule has 0 aliphatic rings. The van der Waals surface area contributed by atoms with Crippen molar-refractivity contribution in [1.29, 1.82) is 0 Å². The normalized spacial score (nSPS) is 11.4. The van der Waals surface area contributed by atoms with E-state index in [9.17, 15) is 0 Å². The molecule has 0 radical (unpaired) electrons. The molecule has 0 N–H and O–H groups in total. The maximum atomic E-state index is 6.14. The highest BCUT2D eigenvalue weighted by molar-refractivity contribution is 9.11. The van der Waals surface area contributed by atoms with Crippen molar-refractivity contribution >= 4 is 65.4 Å². The molecule has 6 nitrogen and oxygen atoms in total. The molecule has 0 atom stereocenters. The molecule has 0 bridgehead atoms. The smallest absolute Gasteiger partial charge is 0.227 e. The number of halogens is 2. The zero-order chi connectivity index (χ0) is 22.6. The molecule has 3 aromatic carbocycles. The highest BCUT2D eigenvalue weighted by atomic mass is 79.9. The summed E-state index contributed by atoms with van der Waals surface area (Å²) >= 11 is 7.32. The maximum Gasteiger partial charge on any atom is 0.227 e. The van der Waals surface area contributed by atoms with Gasteiger partial charge in [0.25, 0.3) is 0 Å². The van der Waals surface area contributed by atoms with E-state index in [-0.39, 0.29) is 0 Å². The van der Waals surface area contributed by atoms with Crippen molar-refractivity contribution in [3.8, 4) is 22.9 Å². The number of fused-ring (bicyclic) bond motifs is 2. The van der Waals surface area contributed by atoms with Crippen LogP contribution in [0.5, 0.6) is 0 Å². The molecule has 2 aromatic heterocycles. The van der Waals surface area contributed by atoms with Gasteiger partial charge in [-0.15, -0.1) is 0 Å². The molecule has 0 spiro atoms. The van der Waals surface area contributed by atoms with Gasteiger partial charge in [0, 0.05) is 50.7 Å². The Morgan fingerprint density at radius 1 is 0.594 bits per heavy atom. The minimum Gasteiger partial charge on any atom is -0.435 e. The number of benzene rings is 3. The van der Waals surface area contributed by atoms with Crippen LogP contribution in [0.25, 0.3) is 45.1 Å². The van der Waals surface area contributed by atoms with E-state index in [0.717, 1.165) is 22.5 Å². The van der Waals surface area contributed by atoms with E-state index in [1.807, 2.05) is 76.7 Å². The van der Waals surface area contributed by atoms with Crippen molar-refractivity contribution in [1.82, 2.24) is 9.97 Å². The van der Waals surface area contributed by atoms with E-state index in [2.05, 4.69) is 41.7 Å². The quantitative estimate of drug-likeness (QED) is 0.239. The van der Waals surface area contributed by atoms with Gasteiger partial charge in [-0.25, -0.2) is 9.97 Å². The molecule has 5 rings (SSSR count). The van der Waals surface area contributed by atoms with Gasteiger partial charge in [0.2, 0.25) is 11.8 Å². The van der Waals surface area contributed by atoms with Crippen LogP contribution in [0.3, 0.4) is 0 Å². The van der Waals surface area contributed by atoms with E-state index < -0.39 is 0 Å². The number of hydrogen-bond acceptors (Lipinski definition) is 6. The fourth-order valence-electron chi connectivity index (χ4n) is 3.50. The van der Waals surface area contributed by atoms with Crippen molar-refractivity contribution < 1.29 is 8.83 Å². The van der Waals surface area contributed by atoms with Crippen LogP contribution in [0.4, 0.5) is 11.4 Å². The number of oxazole rings is 2. The van der Waals surface area contributed by atoms with E-state index in [1.165, 1.54) is 0 Å². The number of anilines is 2. The summed E-state index contributed by atoms with van der Waals surface area (Å²) in [6.45, 7) is 0. The average molecular weight is 556 g/mol. The van der Waals surface area contributed by atoms with Gasteiger partial charge in [-0.3, -0.25) is 0 Å². The zero-order valence-electron chi connectivity index (χ0n) is 18.0. The predicted molar refractivity (Wildman–Crippen MR) is 137 cm³/mol. The third-order valence-corrected chi connectivity index (χ3v) is 6.80. The van der Waals surface area contributed by atoms with Gasteiger partial charge < -0.3 is 18.6 Å². The van der Waals surface area contributed by atoms with Crippen LogP contribution < -0.4 is 9.80 Å². The molecular formula is C24H20Br2N4O2. The van der Waals surface area contributed by atoms with E-state index >= 15 is 0 Å². The molecule has 0 unspecified atom stereocenters. The Kier molecular flexibility index (Phi) is 5.22. The van der Waals surface area contributed by atoms with Crippen LogP contribution in [-0.2, 0) is 0 Å². The van der Waals surface area contributed by atoms with Crippen LogP contribution in [0, 0.1) is 0 Å². The Morgan fingerprint density at radius 3 is 1.25 bits per heavy atom. The first-order chi connectivity index (χ1) is 15.3. The largest absolute Gasteiger partial charge is 0.435 e. The Balaban J connectivity index is 1.60. The fraction of sp³-hybridized carbons (Fsp3) is 0.167. The number of aromatic nitrogens is 2. The molecule has 162 valence electrons. The lowest BCUT2D eigenvalue weighted by Gasteiger charge is -2.11. The van der Waals surface area contributed by atoms with Crippen molar-refractivity contribution in [2.45, 2.75) is 0 Å². The molecule has 32 heavy (non-hydrogen) atoms. The van der Waals surface area contributed by atoms with Crippen LogP contribution in [0.15, 0.2) is 66.3 Å². The lowest BCUT2D eigenvalue weighted by atomic mass is 10.2. The summed E-state index contributed by atoms with van der Waals surface area (Å²) in [6, 6.07) is 16.1. The van der Waals surface area contributed by atoms with Crippen LogP contribution in [0.2, 0.25) is 0 Å². The summed E-state index contributed by atoms with van der Waals surface area (Å²) in [5, 5.41) is 0. The van der Waals surface area contributed by atoms with Crippen LogP contribution in [0.1, 0.15) is 0 Å². The third kappa shape index (κ3) is 3.47. The third-order valence-electron chi connectivity index (χ3n) is 5.33. The zero-order valence-corrected chi connectivity index (χ0v) is 21.2. The second-order valence-electron chi connectivity index (χ2n) is 7.90. The molecule has 5 aromatic rings. The van der Waals surface area contributed by atoms with Gasteiger partial charge in [0.15, 0.2) is 11.2 Å². The molecule has 0 amide bonds.